The molecule has 3 fully saturated rings. The molecule has 0 bridgehead atoms. The van der Waals surface area contributed by atoms with Crippen LogP contribution < -0.4 is 5.32 Å². The number of imide groups is 1. The minimum Gasteiger partial charge on any atom is -0.340 e. The number of nitrogens with zero attached hydrogens (tertiary/aromatic N) is 3. The Labute approximate surface area is 176 Å². The fraction of sp³-hybridized carbons (Fsp3) is 0.591. The molecule has 0 aliphatic carbocycles. The molecule has 3 heterocycles. The highest BCUT2D eigenvalue weighted by atomic mass is 19.1. The Balaban J connectivity index is 1.41. The van der Waals surface area contributed by atoms with Crippen LogP contribution in [-0.2, 0) is 16.0 Å². The lowest BCUT2D eigenvalue weighted by atomic mass is 9.87. The number of nitrogens with one attached hydrogen (secondary N) is 1. The Morgan fingerprint density at radius 3 is 2.53 bits per heavy atom. The van der Waals surface area contributed by atoms with Gasteiger partial charge in [-0.15, -0.1) is 0 Å². The first-order valence-electron chi connectivity index (χ1n) is 10.8. The van der Waals surface area contributed by atoms with Crippen LogP contribution in [0.15, 0.2) is 24.3 Å². The molecule has 3 aliphatic rings. The van der Waals surface area contributed by atoms with Gasteiger partial charge in [0.15, 0.2) is 0 Å². The third-order valence-electron chi connectivity index (χ3n) is 6.73. The van der Waals surface area contributed by atoms with E-state index in [1.54, 1.807) is 17.0 Å². The zero-order valence-electron chi connectivity index (χ0n) is 17.4. The Kier molecular flexibility index (Phi) is 5.77. The zero-order valence-corrected chi connectivity index (χ0v) is 17.4. The van der Waals surface area contributed by atoms with E-state index in [-0.39, 0.29) is 36.1 Å². The molecule has 7 nitrogen and oxygen atoms in total. The Bertz CT molecular complexity index is 820. The Morgan fingerprint density at radius 2 is 1.87 bits per heavy atom. The lowest BCUT2D eigenvalue weighted by molar-refractivity contribution is -0.138. The smallest absolute Gasteiger partial charge is 0.325 e. The van der Waals surface area contributed by atoms with Gasteiger partial charge in [-0.3, -0.25) is 14.5 Å². The number of hydrogen-bond acceptors (Lipinski definition) is 4. The van der Waals surface area contributed by atoms with Crippen LogP contribution in [0.1, 0.15) is 38.2 Å². The molecule has 3 saturated heterocycles. The fourth-order valence-electron chi connectivity index (χ4n) is 4.84. The van der Waals surface area contributed by atoms with Gasteiger partial charge in [-0.05, 0) is 49.9 Å². The average Bonchev–Trinajstić information content (AvgIpc) is 2.99. The molecule has 0 radical (unpaired) electrons. The minimum atomic E-state index is -0.789. The standard InChI is InChI=1S/C22H29FN4O3/c1-2-25-12-9-22(10-13-25)20(29)27(21(30)24-22)18-4-3-11-26(15-18)19(28)14-16-5-7-17(23)8-6-16/h5-8,18H,2-4,9-15H2,1H3,(H,24,30)/t18-/m1/s1. The van der Waals surface area contributed by atoms with Gasteiger partial charge in [0.25, 0.3) is 5.91 Å². The third kappa shape index (κ3) is 3.93. The van der Waals surface area contributed by atoms with Crippen LogP contribution in [0.3, 0.4) is 0 Å². The number of carbonyl (C=O) groups is 3. The first-order chi connectivity index (χ1) is 14.4. The number of piperidine rings is 2. The molecule has 3 aliphatic heterocycles. The largest absolute Gasteiger partial charge is 0.340 e. The van der Waals surface area contributed by atoms with E-state index in [0.717, 1.165) is 31.6 Å². The second kappa shape index (κ2) is 8.34. The number of halogens is 1. The second-order valence-electron chi connectivity index (χ2n) is 8.56. The van der Waals surface area contributed by atoms with Crippen molar-refractivity contribution >= 4 is 17.8 Å². The van der Waals surface area contributed by atoms with Gasteiger partial charge in [0, 0.05) is 26.2 Å². The number of urea groups is 1. The van der Waals surface area contributed by atoms with Crippen LogP contribution in [0.2, 0.25) is 0 Å². The van der Waals surface area contributed by atoms with Gasteiger partial charge in [0.1, 0.15) is 11.4 Å². The summed E-state index contributed by atoms with van der Waals surface area (Å²) in [5.41, 5.74) is -0.0384. The maximum atomic E-state index is 13.3. The van der Waals surface area contributed by atoms with Gasteiger partial charge in [-0.2, -0.15) is 0 Å². The number of amides is 4. The van der Waals surface area contributed by atoms with Gasteiger partial charge >= 0.3 is 6.03 Å². The molecule has 30 heavy (non-hydrogen) atoms. The summed E-state index contributed by atoms with van der Waals surface area (Å²) >= 11 is 0. The lowest BCUT2D eigenvalue weighted by Crippen LogP contribution is -2.56. The maximum absolute atomic E-state index is 13.3. The Hall–Kier alpha value is -2.48. The SMILES string of the molecule is CCN1CCC2(CC1)NC(=O)N([C@@H]1CCCN(C(=O)Cc3ccc(F)cc3)C1)C2=O. The van der Waals surface area contributed by atoms with Crippen LogP contribution in [0, 0.1) is 5.82 Å². The lowest BCUT2D eigenvalue weighted by Gasteiger charge is -2.39. The van der Waals surface area contributed by atoms with Gasteiger partial charge in [-0.25, -0.2) is 9.18 Å². The molecule has 0 saturated carbocycles. The van der Waals surface area contributed by atoms with Crippen molar-refractivity contribution in [3.63, 3.8) is 0 Å². The predicted molar refractivity (Wildman–Crippen MR) is 109 cm³/mol. The van der Waals surface area contributed by atoms with Gasteiger partial charge < -0.3 is 15.1 Å². The normalized spacial score (nSPS) is 24.4. The highest BCUT2D eigenvalue weighted by Crippen LogP contribution is 2.32. The molecule has 1 aromatic carbocycles. The molecule has 4 rings (SSSR count). The number of carbonyl (C=O) groups excluding carboxylic acids is 3. The van der Waals surface area contributed by atoms with Crippen molar-refractivity contribution in [1.29, 1.82) is 0 Å². The minimum absolute atomic E-state index is 0.0654. The van der Waals surface area contributed by atoms with Crippen molar-refractivity contribution in [1.82, 2.24) is 20.0 Å². The van der Waals surface area contributed by atoms with E-state index in [1.807, 2.05) is 0 Å². The molecule has 0 aromatic heterocycles. The van der Waals surface area contributed by atoms with Crippen molar-refractivity contribution in [2.24, 2.45) is 0 Å². The van der Waals surface area contributed by atoms with E-state index in [9.17, 15) is 18.8 Å². The summed E-state index contributed by atoms with van der Waals surface area (Å²) in [5.74, 6) is -0.535. The molecule has 162 valence electrons. The van der Waals surface area contributed by atoms with Crippen molar-refractivity contribution in [3.05, 3.63) is 35.6 Å². The molecule has 4 amide bonds. The summed E-state index contributed by atoms with van der Waals surface area (Å²) in [6.07, 6.45) is 2.89. The quantitative estimate of drug-likeness (QED) is 0.760. The number of rotatable bonds is 4. The summed E-state index contributed by atoms with van der Waals surface area (Å²) in [4.78, 5) is 44.2. The van der Waals surface area contributed by atoms with Crippen LogP contribution in [0.25, 0.3) is 0 Å². The molecule has 1 N–H and O–H groups in total. The third-order valence-corrected chi connectivity index (χ3v) is 6.73. The van der Waals surface area contributed by atoms with E-state index >= 15 is 0 Å². The maximum Gasteiger partial charge on any atom is 0.325 e. The highest BCUT2D eigenvalue weighted by Gasteiger charge is 2.54. The Morgan fingerprint density at radius 1 is 1.17 bits per heavy atom. The van der Waals surface area contributed by atoms with Gasteiger partial charge in [-0.1, -0.05) is 19.1 Å². The van der Waals surface area contributed by atoms with Crippen LogP contribution in [0.4, 0.5) is 9.18 Å². The molecule has 1 atom stereocenters. The molecule has 1 aromatic rings. The number of likely N-dealkylation sites (tertiary alicyclic amines) is 2. The average molecular weight is 416 g/mol. The zero-order chi connectivity index (χ0) is 21.3. The van der Waals surface area contributed by atoms with E-state index in [1.165, 1.54) is 17.0 Å². The summed E-state index contributed by atoms with van der Waals surface area (Å²) in [6.45, 7) is 5.59. The van der Waals surface area contributed by atoms with Crippen LogP contribution in [-0.4, -0.2) is 76.8 Å². The highest BCUT2D eigenvalue weighted by molar-refractivity contribution is 6.07. The summed E-state index contributed by atoms with van der Waals surface area (Å²) < 4.78 is 13.1. The van der Waals surface area contributed by atoms with E-state index in [0.29, 0.717) is 32.4 Å². The van der Waals surface area contributed by atoms with Crippen molar-refractivity contribution in [3.8, 4) is 0 Å². The van der Waals surface area contributed by atoms with Crippen molar-refractivity contribution < 1.29 is 18.8 Å². The molecule has 1 spiro atoms. The summed E-state index contributed by atoms with van der Waals surface area (Å²) in [5, 5.41) is 2.97. The molecular formula is C22H29FN4O3. The van der Waals surface area contributed by atoms with E-state index < -0.39 is 5.54 Å². The van der Waals surface area contributed by atoms with E-state index in [4.69, 9.17) is 0 Å². The van der Waals surface area contributed by atoms with Crippen LogP contribution in [0.5, 0.6) is 0 Å². The number of hydrogen-bond donors (Lipinski definition) is 1. The van der Waals surface area contributed by atoms with E-state index in [2.05, 4.69) is 17.1 Å². The molecule has 8 heteroatoms. The van der Waals surface area contributed by atoms with Crippen LogP contribution >= 0.6 is 0 Å². The molecular weight excluding hydrogens is 387 g/mol. The van der Waals surface area contributed by atoms with Crippen molar-refractivity contribution in [2.45, 2.75) is 50.6 Å². The van der Waals surface area contributed by atoms with Crippen molar-refractivity contribution in [2.75, 3.05) is 32.7 Å². The first-order valence-corrected chi connectivity index (χ1v) is 10.8. The van der Waals surface area contributed by atoms with Gasteiger partial charge in [0.2, 0.25) is 5.91 Å². The number of benzene rings is 1. The monoisotopic (exact) mass is 416 g/mol. The topological polar surface area (TPSA) is 73.0 Å². The fourth-order valence-corrected chi connectivity index (χ4v) is 4.84. The predicted octanol–water partition coefficient (Wildman–Crippen LogP) is 1.77. The second-order valence-corrected chi connectivity index (χ2v) is 8.56. The summed E-state index contributed by atoms with van der Waals surface area (Å²) in [7, 11) is 0. The first kappa shape index (κ1) is 20.8. The molecule has 0 unspecified atom stereocenters. The summed E-state index contributed by atoms with van der Waals surface area (Å²) in [6, 6.07) is 5.28. The van der Waals surface area contributed by atoms with Gasteiger partial charge in [0.05, 0.1) is 12.5 Å².